The Morgan fingerprint density at radius 2 is 1.97 bits per heavy atom. The minimum atomic E-state index is -0.181. The number of carbonyl (C=O) groups excluding carboxylic acids is 1. The fourth-order valence-corrected chi connectivity index (χ4v) is 5.20. The first-order valence-electron chi connectivity index (χ1n) is 11.1. The summed E-state index contributed by atoms with van der Waals surface area (Å²) in [5, 5.41) is 4.52. The van der Waals surface area contributed by atoms with Gasteiger partial charge >= 0.3 is 0 Å². The molecule has 1 N–H and O–H groups in total. The number of likely N-dealkylation sites (tertiary alicyclic amines) is 1. The first-order chi connectivity index (χ1) is 15.0. The predicted octanol–water partition coefficient (Wildman–Crippen LogP) is 4.53. The van der Waals surface area contributed by atoms with Crippen molar-refractivity contribution in [2.45, 2.75) is 43.6 Å². The molecule has 2 aliphatic heterocycles. The molecule has 0 bridgehead atoms. The molecule has 3 heterocycles. The zero-order chi connectivity index (χ0) is 21.8. The lowest BCUT2D eigenvalue weighted by Crippen LogP contribution is -2.51. The van der Waals surface area contributed by atoms with Crippen LogP contribution in [0.3, 0.4) is 0 Å². The number of pyridine rings is 1. The number of anilines is 1. The van der Waals surface area contributed by atoms with Gasteiger partial charge in [-0.05, 0) is 82.2 Å². The van der Waals surface area contributed by atoms with Gasteiger partial charge in [0, 0.05) is 30.6 Å². The Morgan fingerprint density at radius 3 is 2.65 bits per heavy atom. The summed E-state index contributed by atoms with van der Waals surface area (Å²) in [7, 11) is 2.05. The molecule has 0 spiro atoms. The molecule has 1 atom stereocenters. The summed E-state index contributed by atoms with van der Waals surface area (Å²) in [5.41, 5.74) is 0.972. The van der Waals surface area contributed by atoms with E-state index in [0.29, 0.717) is 34.9 Å². The smallest absolute Gasteiger partial charge is 0.228 e. The lowest BCUT2D eigenvalue weighted by Gasteiger charge is -2.44. The Kier molecular flexibility index (Phi) is 7.17. The summed E-state index contributed by atoms with van der Waals surface area (Å²) in [6.45, 7) is 3.81. The third-order valence-corrected chi connectivity index (χ3v) is 7.68. The van der Waals surface area contributed by atoms with Crippen LogP contribution in [-0.2, 0) is 10.2 Å². The summed E-state index contributed by atoms with van der Waals surface area (Å²) in [6, 6.07) is 12.3. The van der Waals surface area contributed by atoms with Gasteiger partial charge in [-0.1, -0.05) is 35.3 Å². The van der Waals surface area contributed by atoms with Crippen LogP contribution in [0.5, 0.6) is 0 Å². The van der Waals surface area contributed by atoms with Crippen LogP contribution in [-0.4, -0.2) is 55.1 Å². The highest BCUT2D eigenvalue weighted by Gasteiger charge is 2.41. The number of carbonyl (C=O) groups is 1. The Balaban J connectivity index is 1.60. The SMILES string of the molecule is CNC1CCN(CCC2(c3ccc(Cl)c(Cl)c3)CCC(=O)N(c3ccccn3)C2)CC1. The van der Waals surface area contributed by atoms with Gasteiger partial charge in [0.2, 0.25) is 5.91 Å². The molecule has 1 aromatic carbocycles. The monoisotopic (exact) mass is 460 g/mol. The van der Waals surface area contributed by atoms with Crippen molar-refractivity contribution < 1.29 is 4.79 Å². The standard InChI is InChI=1S/C24H30Cl2N4O/c1-27-19-8-13-29(14-9-19)15-11-24(18-5-6-20(25)21(26)16-18)10-7-23(31)30(17-24)22-4-2-3-12-28-22/h2-6,12,16,19,27H,7-11,13-15,17H2,1H3. The molecule has 31 heavy (non-hydrogen) atoms. The minimum absolute atomic E-state index is 0.129. The van der Waals surface area contributed by atoms with E-state index in [1.165, 1.54) is 12.8 Å². The van der Waals surface area contributed by atoms with E-state index in [2.05, 4.69) is 21.3 Å². The van der Waals surface area contributed by atoms with Crippen molar-refractivity contribution in [1.82, 2.24) is 15.2 Å². The molecule has 2 fully saturated rings. The van der Waals surface area contributed by atoms with Crippen molar-refractivity contribution in [2.75, 3.05) is 38.1 Å². The molecule has 2 aliphatic rings. The Hall–Kier alpha value is -1.66. The van der Waals surface area contributed by atoms with Gasteiger partial charge in [-0.15, -0.1) is 0 Å². The maximum Gasteiger partial charge on any atom is 0.228 e. The molecule has 0 saturated carbocycles. The first-order valence-corrected chi connectivity index (χ1v) is 11.8. The quantitative estimate of drug-likeness (QED) is 0.687. The van der Waals surface area contributed by atoms with Gasteiger partial charge in [0.05, 0.1) is 10.0 Å². The van der Waals surface area contributed by atoms with Crippen LogP contribution in [0.15, 0.2) is 42.6 Å². The molecule has 1 aromatic heterocycles. The van der Waals surface area contributed by atoms with Crippen molar-refractivity contribution >= 4 is 34.9 Å². The number of hydrogen-bond donors (Lipinski definition) is 1. The van der Waals surface area contributed by atoms with Crippen LogP contribution in [0.25, 0.3) is 0 Å². The average molecular weight is 461 g/mol. The molecule has 7 heteroatoms. The number of piperidine rings is 2. The first kappa shape index (κ1) is 22.5. The third kappa shape index (κ3) is 5.06. The topological polar surface area (TPSA) is 48.5 Å². The Bertz CT molecular complexity index is 902. The maximum absolute atomic E-state index is 12.8. The summed E-state index contributed by atoms with van der Waals surface area (Å²) >= 11 is 12.6. The maximum atomic E-state index is 12.8. The number of nitrogens with zero attached hydrogens (tertiary/aromatic N) is 3. The van der Waals surface area contributed by atoms with E-state index in [0.717, 1.165) is 38.0 Å². The third-order valence-electron chi connectivity index (χ3n) is 6.94. The van der Waals surface area contributed by atoms with E-state index in [9.17, 15) is 4.79 Å². The number of nitrogens with one attached hydrogen (secondary N) is 1. The highest BCUT2D eigenvalue weighted by Crippen LogP contribution is 2.41. The Labute approximate surface area is 194 Å². The molecule has 166 valence electrons. The van der Waals surface area contributed by atoms with Crippen LogP contribution >= 0.6 is 23.2 Å². The van der Waals surface area contributed by atoms with E-state index in [1.807, 2.05) is 42.3 Å². The van der Waals surface area contributed by atoms with Gasteiger partial charge < -0.3 is 10.2 Å². The lowest BCUT2D eigenvalue weighted by atomic mass is 9.71. The largest absolute Gasteiger partial charge is 0.317 e. The number of benzene rings is 1. The van der Waals surface area contributed by atoms with Crippen molar-refractivity contribution in [2.24, 2.45) is 0 Å². The molecular formula is C24H30Cl2N4O. The fraction of sp³-hybridized carbons (Fsp3) is 0.500. The molecule has 0 aliphatic carbocycles. The predicted molar refractivity (Wildman–Crippen MR) is 127 cm³/mol. The number of rotatable bonds is 6. The van der Waals surface area contributed by atoms with Crippen LogP contribution in [0.4, 0.5) is 5.82 Å². The molecular weight excluding hydrogens is 431 g/mol. The van der Waals surface area contributed by atoms with Crippen LogP contribution in [0.2, 0.25) is 10.0 Å². The van der Waals surface area contributed by atoms with Crippen molar-refractivity contribution in [3.8, 4) is 0 Å². The molecule has 2 saturated heterocycles. The highest BCUT2D eigenvalue weighted by molar-refractivity contribution is 6.42. The molecule has 2 aromatic rings. The van der Waals surface area contributed by atoms with Crippen LogP contribution in [0.1, 0.15) is 37.7 Å². The molecule has 0 radical (unpaired) electrons. The normalized spacial score (nSPS) is 23.3. The summed E-state index contributed by atoms with van der Waals surface area (Å²) in [5.74, 6) is 0.843. The zero-order valence-corrected chi connectivity index (χ0v) is 19.5. The van der Waals surface area contributed by atoms with Gasteiger partial charge in [-0.25, -0.2) is 4.98 Å². The number of halogens is 2. The van der Waals surface area contributed by atoms with Gasteiger partial charge in [-0.2, -0.15) is 0 Å². The average Bonchev–Trinajstić information content (AvgIpc) is 2.81. The van der Waals surface area contributed by atoms with Crippen LogP contribution in [0, 0.1) is 0 Å². The van der Waals surface area contributed by atoms with Crippen molar-refractivity contribution in [3.05, 3.63) is 58.2 Å². The van der Waals surface area contributed by atoms with Crippen molar-refractivity contribution in [3.63, 3.8) is 0 Å². The van der Waals surface area contributed by atoms with E-state index >= 15 is 0 Å². The Morgan fingerprint density at radius 1 is 1.16 bits per heavy atom. The molecule has 5 nitrogen and oxygen atoms in total. The molecule has 4 rings (SSSR count). The number of amides is 1. The van der Waals surface area contributed by atoms with E-state index in [-0.39, 0.29) is 11.3 Å². The fourth-order valence-electron chi connectivity index (χ4n) is 4.90. The summed E-state index contributed by atoms with van der Waals surface area (Å²) < 4.78 is 0. The van der Waals surface area contributed by atoms with Gasteiger partial charge in [-0.3, -0.25) is 9.69 Å². The van der Waals surface area contributed by atoms with Crippen LogP contribution < -0.4 is 10.2 Å². The second kappa shape index (κ2) is 9.86. The number of hydrogen-bond acceptors (Lipinski definition) is 4. The molecule has 1 amide bonds. The lowest BCUT2D eigenvalue weighted by molar-refractivity contribution is -0.120. The second-order valence-corrected chi connectivity index (χ2v) is 9.55. The van der Waals surface area contributed by atoms with Crippen molar-refractivity contribution in [1.29, 1.82) is 0 Å². The summed E-state index contributed by atoms with van der Waals surface area (Å²) in [4.78, 5) is 21.7. The van der Waals surface area contributed by atoms with E-state index in [1.54, 1.807) is 6.20 Å². The molecule has 1 unspecified atom stereocenters. The summed E-state index contributed by atoms with van der Waals surface area (Å²) in [6.07, 6.45) is 6.36. The van der Waals surface area contributed by atoms with Gasteiger partial charge in [0.25, 0.3) is 0 Å². The van der Waals surface area contributed by atoms with Gasteiger partial charge in [0.1, 0.15) is 5.82 Å². The zero-order valence-electron chi connectivity index (χ0n) is 18.0. The van der Waals surface area contributed by atoms with Gasteiger partial charge in [0.15, 0.2) is 0 Å². The number of aromatic nitrogens is 1. The second-order valence-electron chi connectivity index (χ2n) is 8.73. The van der Waals surface area contributed by atoms with E-state index in [4.69, 9.17) is 23.2 Å². The van der Waals surface area contributed by atoms with E-state index < -0.39 is 0 Å². The minimum Gasteiger partial charge on any atom is -0.317 e. The highest BCUT2D eigenvalue weighted by atomic mass is 35.5.